The Balaban J connectivity index is 0.000000523. The fourth-order valence-electron chi connectivity index (χ4n) is 4.99. The maximum atomic E-state index is 13.7. The minimum Gasteiger partial charge on any atom is -0.489 e. The zero-order chi connectivity index (χ0) is 27.1. The molecule has 202 valence electrons. The average molecular weight is 538 g/mol. The van der Waals surface area contributed by atoms with E-state index in [0.717, 1.165) is 53.8 Å². The molecule has 1 saturated carbocycles. The van der Waals surface area contributed by atoms with Crippen LogP contribution in [-0.2, 0) is 6.61 Å². The van der Waals surface area contributed by atoms with Gasteiger partial charge in [0.1, 0.15) is 18.1 Å². The molecular formula is C27H27N11O2. The van der Waals surface area contributed by atoms with Crippen LogP contribution in [0.2, 0.25) is 0 Å². The fourth-order valence-corrected chi connectivity index (χ4v) is 4.99. The summed E-state index contributed by atoms with van der Waals surface area (Å²) in [6.45, 7) is 0.501. The van der Waals surface area contributed by atoms with Crippen LogP contribution < -0.4 is 10.3 Å². The second kappa shape index (κ2) is 11.7. The summed E-state index contributed by atoms with van der Waals surface area (Å²) >= 11 is 0. The number of nitrogens with zero attached hydrogens (tertiary/aromatic N) is 8. The molecular weight excluding hydrogens is 510 g/mol. The van der Waals surface area contributed by atoms with E-state index in [0.29, 0.717) is 23.8 Å². The minimum absolute atomic E-state index is 0.0731. The molecule has 0 saturated heterocycles. The predicted molar refractivity (Wildman–Crippen MR) is 145 cm³/mol. The van der Waals surface area contributed by atoms with Crippen LogP contribution in [0.4, 0.5) is 0 Å². The van der Waals surface area contributed by atoms with E-state index in [4.69, 9.17) is 9.72 Å². The Morgan fingerprint density at radius 2 is 1.77 bits per heavy atom. The van der Waals surface area contributed by atoms with Crippen molar-refractivity contribution in [3.8, 4) is 28.5 Å². The van der Waals surface area contributed by atoms with Gasteiger partial charge in [0.15, 0.2) is 12.0 Å². The summed E-state index contributed by atoms with van der Waals surface area (Å²) in [5.74, 6) is 1.34. The maximum Gasteiger partial charge on any atom is 0.276 e. The molecule has 0 atom stereocenters. The van der Waals surface area contributed by atoms with Crippen molar-refractivity contribution in [1.82, 2.24) is 55.8 Å². The molecule has 1 aliphatic carbocycles. The lowest BCUT2D eigenvalue weighted by atomic mass is 9.83. The van der Waals surface area contributed by atoms with Crippen LogP contribution in [0.3, 0.4) is 0 Å². The first kappa shape index (κ1) is 25.1. The molecule has 0 amide bonds. The highest BCUT2D eigenvalue weighted by Crippen LogP contribution is 2.36. The van der Waals surface area contributed by atoms with Gasteiger partial charge in [-0.05, 0) is 53.8 Å². The first-order valence-electron chi connectivity index (χ1n) is 13.1. The number of tetrazole rings is 2. The van der Waals surface area contributed by atoms with E-state index in [9.17, 15) is 4.79 Å². The van der Waals surface area contributed by atoms with Crippen molar-refractivity contribution in [1.29, 1.82) is 0 Å². The van der Waals surface area contributed by atoms with E-state index in [1.54, 1.807) is 6.07 Å². The van der Waals surface area contributed by atoms with E-state index in [1.165, 1.54) is 17.3 Å². The molecule has 0 bridgehead atoms. The number of hydrogen-bond donors (Lipinski definition) is 3. The van der Waals surface area contributed by atoms with Crippen LogP contribution in [0.5, 0.6) is 5.75 Å². The van der Waals surface area contributed by atoms with E-state index in [-0.39, 0.29) is 11.5 Å². The number of fused-ring (bicyclic) bond motifs is 1. The van der Waals surface area contributed by atoms with Gasteiger partial charge in [-0.3, -0.25) is 9.89 Å². The number of aromatic nitrogens is 11. The molecule has 13 nitrogen and oxygen atoms in total. The van der Waals surface area contributed by atoms with Crippen molar-refractivity contribution in [2.24, 2.45) is 0 Å². The quantitative estimate of drug-likeness (QED) is 0.287. The molecule has 0 aliphatic heterocycles. The van der Waals surface area contributed by atoms with Gasteiger partial charge >= 0.3 is 0 Å². The number of H-pyrrole nitrogens is 3. The molecule has 0 radical (unpaired) electrons. The molecule has 4 aromatic heterocycles. The highest BCUT2D eigenvalue weighted by molar-refractivity contribution is 5.68. The number of ether oxygens (including phenoxy) is 1. The number of hydrogen-bond acceptors (Lipinski definition) is 9. The lowest BCUT2D eigenvalue weighted by Gasteiger charge is -2.23. The first-order valence-corrected chi connectivity index (χ1v) is 13.1. The van der Waals surface area contributed by atoms with Crippen LogP contribution in [0.25, 0.3) is 28.4 Å². The third-order valence-electron chi connectivity index (χ3n) is 6.90. The second-order valence-corrected chi connectivity index (χ2v) is 9.47. The summed E-state index contributed by atoms with van der Waals surface area (Å²) in [5.41, 5.74) is 4.54. The van der Waals surface area contributed by atoms with Gasteiger partial charge in [-0.2, -0.15) is 10.4 Å². The van der Waals surface area contributed by atoms with Crippen LogP contribution >= 0.6 is 0 Å². The Kier molecular flexibility index (Phi) is 7.33. The van der Waals surface area contributed by atoms with Crippen LogP contribution in [0.15, 0.2) is 71.8 Å². The zero-order valence-corrected chi connectivity index (χ0v) is 21.6. The van der Waals surface area contributed by atoms with Gasteiger partial charge in [-0.1, -0.05) is 54.8 Å². The van der Waals surface area contributed by atoms with Gasteiger partial charge in [0.05, 0.1) is 5.69 Å². The summed E-state index contributed by atoms with van der Waals surface area (Å²) in [6, 6.07) is 19.7. The molecule has 13 heteroatoms. The lowest BCUT2D eigenvalue weighted by molar-refractivity contribution is 0.306. The molecule has 0 unspecified atom stereocenters. The predicted octanol–water partition coefficient (Wildman–Crippen LogP) is 3.70. The summed E-state index contributed by atoms with van der Waals surface area (Å²) in [4.78, 5) is 18.7. The summed E-state index contributed by atoms with van der Waals surface area (Å²) < 4.78 is 7.45. The summed E-state index contributed by atoms with van der Waals surface area (Å²) in [7, 11) is 0. The summed E-state index contributed by atoms with van der Waals surface area (Å²) in [6.07, 6.45) is 6.77. The van der Waals surface area contributed by atoms with Crippen molar-refractivity contribution in [2.75, 3.05) is 0 Å². The van der Waals surface area contributed by atoms with Crippen LogP contribution in [-0.4, -0.2) is 55.8 Å². The Morgan fingerprint density at radius 3 is 2.45 bits per heavy atom. The van der Waals surface area contributed by atoms with Crippen molar-refractivity contribution < 1.29 is 4.74 Å². The Labute approximate surface area is 228 Å². The molecule has 40 heavy (non-hydrogen) atoms. The fraction of sp³-hybridized carbons (Fsp3) is 0.259. The van der Waals surface area contributed by atoms with Crippen molar-refractivity contribution in [3.05, 3.63) is 88.5 Å². The zero-order valence-electron chi connectivity index (χ0n) is 21.6. The monoisotopic (exact) mass is 537 g/mol. The summed E-state index contributed by atoms with van der Waals surface area (Å²) in [5, 5.41) is 29.4. The van der Waals surface area contributed by atoms with Crippen molar-refractivity contribution in [2.45, 2.75) is 44.6 Å². The Hall–Kier alpha value is -5.20. The SMILES string of the molecule is O=c1c(C2CCCCC2)c(-c2ccc(OCc3ccccc3)cc2)nc2cc(-c3nn[nH]n3)[nH]n12.c1nn[nH]n1. The molecule has 7 rings (SSSR count). The normalized spacial score (nSPS) is 13.6. The van der Waals surface area contributed by atoms with Crippen molar-refractivity contribution >= 4 is 5.65 Å². The third-order valence-corrected chi connectivity index (χ3v) is 6.90. The smallest absolute Gasteiger partial charge is 0.276 e. The van der Waals surface area contributed by atoms with Gasteiger partial charge in [0.2, 0.25) is 5.82 Å². The van der Waals surface area contributed by atoms with E-state index in [1.807, 2.05) is 54.6 Å². The highest BCUT2D eigenvalue weighted by atomic mass is 16.5. The molecule has 2 aromatic carbocycles. The van der Waals surface area contributed by atoms with Gasteiger partial charge < -0.3 is 4.74 Å². The van der Waals surface area contributed by atoms with E-state index < -0.39 is 0 Å². The largest absolute Gasteiger partial charge is 0.489 e. The molecule has 4 heterocycles. The molecule has 0 spiro atoms. The lowest BCUT2D eigenvalue weighted by Crippen LogP contribution is -2.25. The Morgan fingerprint density at radius 1 is 0.950 bits per heavy atom. The van der Waals surface area contributed by atoms with Gasteiger partial charge in [0, 0.05) is 17.2 Å². The van der Waals surface area contributed by atoms with E-state index in [2.05, 4.69) is 46.3 Å². The maximum absolute atomic E-state index is 13.7. The van der Waals surface area contributed by atoms with Gasteiger partial charge in [-0.25, -0.2) is 9.50 Å². The number of nitrogens with one attached hydrogen (secondary N) is 3. The number of aromatic amines is 3. The van der Waals surface area contributed by atoms with Crippen LogP contribution in [0, 0.1) is 0 Å². The average Bonchev–Trinajstić information content (AvgIpc) is 3.81. The first-order chi connectivity index (χ1) is 19.8. The van der Waals surface area contributed by atoms with Gasteiger partial charge in [-0.15, -0.1) is 20.4 Å². The highest BCUT2D eigenvalue weighted by Gasteiger charge is 2.26. The number of rotatable bonds is 6. The molecule has 3 N–H and O–H groups in total. The standard InChI is InChI=1S/C26H25N7O2.CH2N4/c34-26-23(18-9-5-2-6-10-18)24(27-22-15-21(30-33(22)26)25-28-31-32-29-25)19-11-13-20(14-12-19)35-16-17-7-3-1-4-8-17;1-2-4-5-3-1/h1,3-4,7-8,11-15,18,30H,2,5-6,9-10,16H2,(H,28,29,31,32);1H,(H,2,3,4,5). The van der Waals surface area contributed by atoms with Crippen molar-refractivity contribution in [3.63, 3.8) is 0 Å². The Bertz CT molecular complexity index is 1670. The van der Waals surface area contributed by atoms with E-state index >= 15 is 0 Å². The minimum atomic E-state index is -0.0731. The van der Waals surface area contributed by atoms with Crippen LogP contribution in [0.1, 0.15) is 49.1 Å². The molecule has 6 aromatic rings. The second-order valence-electron chi connectivity index (χ2n) is 9.47. The number of benzene rings is 2. The third kappa shape index (κ3) is 5.48. The topological polar surface area (TPSA) is 168 Å². The molecule has 1 fully saturated rings. The molecule has 1 aliphatic rings. The van der Waals surface area contributed by atoms with Gasteiger partial charge in [0.25, 0.3) is 5.56 Å².